The van der Waals surface area contributed by atoms with E-state index in [0.29, 0.717) is 148 Å². The van der Waals surface area contributed by atoms with Crippen molar-refractivity contribution in [2.45, 2.75) is 6.04 Å². The van der Waals surface area contributed by atoms with E-state index in [1.165, 1.54) is 0 Å². The summed E-state index contributed by atoms with van der Waals surface area (Å²) in [7, 11) is 0. The molecule has 1 unspecified atom stereocenters. The Kier molecular flexibility index (Phi) is 27.2. The first kappa shape index (κ1) is 47.2. The van der Waals surface area contributed by atoms with Crippen LogP contribution in [0.4, 0.5) is 11.4 Å². The lowest BCUT2D eigenvalue weighted by Gasteiger charge is -2.11. The van der Waals surface area contributed by atoms with Crippen molar-refractivity contribution in [1.82, 2.24) is 0 Å². The highest BCUT2D eigenvalue weighted by Gasteiger charge is 2.28. The van der Waals surface area contributed by atoms with Gasteiger partial charge in [0.05, 0.1) is 131 Å². The van der Waals surface area contributed by atoms with Crippen LogP contribution in [0.2, 0.25) is 0 Å². The summed E-state index contributed by atoms with van der Waals surface area (Å²) in [6, 6.07) is 22.9. The Balaban J connectivity index is 1.11. The topological polar surface area (TPSA) is 183 Å². The Morgan fingerprint density at radius 2 is 0.877 bits per heavy atom. The van der Waals surface area contributed by atoms with E-state index in [-0.39, 0.29) is 6.61 Å². The number of rotatable bonds is 36. The van der Waals surface area contributed by atoms with Gasteiger partial charge in [0, 0.05) is 11.3 Å². The first-order valence-corrected chi connectivity index (χ1v) is 19.1. The molecule has 0 fully saturated rings. The van der Waals surface area contributed by atoms with Crippen LogP contribution in [0, 0.1) is 0 Å². The Morgan fingerprint density at radius 3 is 1.30 bits per heavy atom. The van der Waals surface area contributed by atoms with Crippen molar-refractivity contribution in [3.63, 3.8) is 0 Å². The van der Waals surface area contributed by atoms with Crippen LogP contribution in [0.5, 0.6) is 5.75 Å². The molecule has 16 nitrogen and oxygen atoms in total. The number of ether oxygens (including phenoxy) is 10. The molecule has 0 saturated carbocycles. The van der Waals surface area contributed by atoms with Gasteiger partial charge in [-0.2, -0.15) is 10.2 Å². The third kappa shape index (κ3) is 23.6. The molecule has 0 aliphatic carbocycles. The van der Waals surface area contributed by atoms with E-state index in [2.05, 4.69) is 15.5 Å². The Morgan fingerprint density at radius 1 is 0.491 bits per heavy atom. The highest BCUT2D eigenvalue weighted by atomic mass is 16.6. The lowest BCUT2D eigenvalue weighted by Crippen LogP contribution is -2.33. The maximum atomic E-state index is 13.2. The molecule has 314 valence electrons. The van der Waals surface area contributed by atoms with Crippen LogP contribution in [-0.4, -0.2) is 155 Å². The molecule has 0 bridgehead atoms. The molecule has 3 aromatic rings. The summed E-state index contributed by atoms with van der Waals surface area (Å²) in [4.78, 5) is 26.2. The van der Waals surface area contributed by atoms with E-state index in [0.717, 1.165) is 0 Å². The van der Waals surface area contributed by atoms with E-state index in [9.17, 15) is 9.59 Å². The highest BCUT2D eigenvalue weighted by molar-refractivity contribution is 6.17. The summed E-state index contributed by atoms with van der Waals surface area (Å²) in [5, 5.41) is 19.6. The van der Waals surface area contributed by atoms with Gasteiger partial charge in [-0.3, -0.25) is 9.59 Å². The van der Waals surface area contributed by atoms with Gasteiger partial charge in [0.25, 0.3) is 5.91 Å². The predicted octanol–water partition coefficient (Wildman–Crippen LogP) is 4.18. The molecule has 3 rings (SSSR count). The normalized spacial score (nSPS) is 11.9. The van der Waals surface area contributed by atoms with Gasteiger partial charge in [-0.05, 0) is 36.4 Å². The number of para-hydroxylation sites is 1. The minimum atomic E-state index is -1.36. The summed E-state index contributed by atoms with van der Waals surface area (Å²) in [6.45, 7) is 8.56. The van der Waals surface area contributed by atoms with Gasteiger partial charge in [-0.25, -0.2) is 0 Å². The van der Waals surface area contributed by atoms with Gasteiger partial charge in [0.1, 0.15) is 12.4 Å². The lowest BCUT2D eigenvalue weighted by atomic mass is 10.0. The summed E-state index contributed by atoms with van der Waals surface area (Å²) < 4.78 is 54.6. The van der Waals surface area contributed by atoms with Crippen LogP contribution < -0.4 is 10.1 Å². The van der Waals surface area contributed by atoms with Crippen molar-refractivity contribution >= 4 is 23.1 Å². The molecule has 0 aromatic heterocycles. The number of benzene rings is 3. The fourth-order valence-corrected chi connectivity index (χ4v) is 4.59. The number of azo groups is 1. The zero-order chi connectivity index (χ0) is 40.3. The van der Waals surface area contributed by atoms with Gasteiger partial charge in [0.15, 0.2) is 5.78 Å². The van der Waals surface area contributed by atoms with Gasteiger partial charge >= 0.3 is 0 Å². The van der Waals surface area contributed by atoms with E-state index >= 15 is 0 Å². The summed E-state index contributed by atoms with van der Waals surface area (Å²) in [5.41, 5.74) is 1.38. The first-order valence-electron chi connectivity index (χ1n) is 19.1. The molecule has 16 heteroatoms. The molecule has 1 atom stereocenters. The second kappa shape index (κ2) is 32.8. The van der Waals surface area contributed by atoms with Crippen molar-refractivity contribution in [3.05, 3.63) is 90.5 Å². The highest BCUT2D eigenvalue weighted by Crippen LogP contribution is 2.20. The summed E-state index contributed by atoms with van der Waals surface area (Å²) in [5.74, 6) is -0.419. The number of hydrogen-bond acceptors (Lipinski definition) is 15. The monoisotopic (exact) mass is 799 g/mol. The van der Waals surface area contributed by atoms with Gasteiger partial charge in [0.2, 0.25) is 6.04 Å². The maximum absolute atomic E-state index is 13.2. The van der Waals surface area contributed by atoms with Crippen LogP contribution in [0.15, 0.2) is 95.2 Å². The first-order chi connectivity index (χ1) is 28.2. The predicted molar refractivity (Wildman–Crippen MR) is 211 cm³/mol. The average molecular weight is 800 g/mol. The van der Waals surface area contributed by atoms with Crippen LogP contribution in [0.1, 0.15) is 10.4 Å². The quantitative estimate of drug-likeness (QED) is 0.0370. The molecule has 3 aromatic carbocycles. The third-order valence-electron chi connectivity index (χ3n) is 7.43. The standard InChI is InChI=1S/C41H57N3O13/c45-15-16-48-17-18-49-19-20-50-21-22-51-23-24-52-25-26-53-27-28-54-29-30-55-31-32-56-33-34-57-38-13-11-37(12-14-38)43-44-39(40(46)35-7-3-1-4-8-35)41(47)42-36-9-5-2-6-10-36/h1-14,39,45H,15-34H2,(H,42,47). The van der Waals surface area contributed by atoms with Crippen molar-refractivity contribution < 1.29 is 62.1 Å². The Hall–Kier alpha value is -4.20. The van der Waals surface area contributed by atoms with Crippen molar-refractivity contribution in [1.29, 1.82) is 0 Å². The molecule has 0 aliphatic rings. The minimum Gasteiger partial charge on any atom is -0.491 e. The number of hydrogen-bond donors (Lipinski definition) is 2. The zero-order valence-electron chi connectivity index (χ0n) is 32.5. The number of carbonyl (C=O) groups is 2. The molecular formula is C41H57N3O13. The molecule has 0 heterocycles. The molecule has 2 N–H and O–H groups in total. The largest absolute Gasteiger partial charge is 0.491 e. The van der Waals surface area contributed by atoms with Crippen LogP contribution in [0.3, 0.4) is 0 Å². The minimum absolute atomic E-state index is 0.0149. The summed E-state index contributed by atoms with van der Waals surface area (Å²) in [6.07, 6.45) is 0. The van der Waals surface area contributed by atoms with E-state index in [1.54, 1.807) is 78.9 Å². The number of anilines is 1. The maximum Gasteiger partial charge on any atom is 0.259 e. The average Bonchev–Trinajstić information content (AvgIpc) is 3.24. The van der Waals surface area contributed by atoms with E-state index in [4.69, 9.17) is 52.5 Å². The van der Waals surface area contributed by atoms with Gasteiger partial charge < -0.3 is 57.8 Å². The molecule has 57 heavy (non-hydrogen) atoms. The molecule has 1 amide bonds. The van der Waals surface area contributed by atoms with Gasteiger partial charge in [-0.1, -0.05) is 48.5 Å². The Bertz CT molecular complexity index is 1450. The molecule has 0 radical (unpaired) electrons. The second-order valence-corrected chi connectivity index (χ2v) is 11.8. The number of aliphatic hydroxyl groups excluding tert-OH is 1. The Labute approximate surface area is 334 Å². The number of aliphatic hydroxyl groups is 1. The molecule has 0 spiro atoms. The van der Waals surface area contributed by atoms with E-state index in [1.807, 2.05) is 6.07 Å². The number of ketones is 1. The van der Waals surface area contributed by atoms with Gasteiger partial charge in [-0.15, -0.1) is 0 Å². The van der Waals surface area contributed by atoms with Crippen LogP contribution in [-0.2, 0) is 47.4 Å². The molecule has 0 saturated heterocycles. The number of nitrogens with one attached hydrogen (secondary N) is 1. The lowest BCUT2D eigenvalue weighted by molar-refractivity contribution is -0.116. The number of nitrogens with zero attached hydrogens (tertiary/aromatic N) is 2. The van der Waals surface area contributed by atoms with Crippen molar-refractivity contribution in [2.24, 2.45) is 10.2 Å². The smallest absolute Gasteiger partial charge is 0.259 e. The summed E-state index contributed by atoms with van der Waals surface area (Å²) >= 11 is 0. The van der Waals surface area contributed by atoms with E-state index < -0.39 is 17.7 Å². The van der Waals surface area contributed by atoms with Crippen molar-refractivity contribution in [3.8, 4) is 5.75 Å². The van der Waals surface area contributed by atoms with Crippen molar-refractivity contribution in [2.75, 3.05) is 137 Å². The second-order valence-electron chi connectivity index (χ2n) is 11.8. The molecular weight excluding hydrogens is 742 g/mol. The third-order valence-corrected chi connectivity index (χ3v) is 7.43. The fraction of sp³-hybridized carbons (Fsp3) is 0.512. The number of Topliss-reactive ketones (excluding diaryl/α,β-unsaturated/α-hetero) is 1. The number of carbonyl (C=O) groups excluding carboxylic acids is 2. The SMILES string of the molecule is O=C(Nc1ccccc1)C(N=Nc1ccc(OCCOCCOCCOCCOCCOCCOCCOCCOCCOCCO)cc1)C(=O)c1ccccc1. The fourth-order valence-electron chi connectivity index (χ4n) is 4.59. The number of amides is 1. The van der Waals surface area contributed by atoms with Crippen LogP contribution >= 0.6 is 0 Å². The zero-order valence-corrected chi connectivity index (χ0v) is 32.5. The molecule has 0 aliphatic heterocycles. The van der Waals surface area contributed by atoms with Crippen LogP contribution in [0.25, 0.3) is 0 Å².